The van der Waals surface area contributed by atoms with E-state index in [0.717, 1.165) is 11.1 Å². The van der Waals surface area contributed by atoms with Crippen molar-refractivity contribution in [2.75, 3.05) is 0 Å². The molecule has 6 heteroatoms. The van der Waals surface area contributed by atoms with E-state index in [-0.39, 0.29) is 18.2 Å². The number of nitrogens with zero attached hydrogens (tertiary/aromatic N) is 1. The van der Waals surface area contributed by atoms with E-state index in [1.165, 1.54) is 12.1 Å². The molecule has 0 bridgehead atoms. The molecule has 4 aliphatic carbocycles. The van der Waals surface area contributed by atoms with E-state index >= 15 is 0 Å². The molecule has 0 aromatic heterocycles. The topological polar surface area (TPSA) is 15.3 Å². The Morgan fingerprint density at radius 1 is 0.789 bits per heavy atom. The monoisotopic (exact) mass is 534 g/mol. The molecule has 1 aromatic carbocycles. The first kappa shape index (κ1) is 25.8. The van der Waals surface area contributed by atoms with Crippen molar-refractivity contribution in [1.29, 1.82) is 0 Å². The molecule has 0 spiro atoms. The molecule has 5 aliphatic rings. The quantitative estimate of drug-likeness (QED) is 0.401. The van der Waals surface area contributed by atoms with Gasteiger partial charge in [-0.2, -0.15) is 13.2 Å². The predicted molar refractivity (Wildman–Crippen MR) is 151 cm³/mol. The van der Waals surface area contributed by atoms with Crippen molar-refractivity contribution in [2.45, 2.75) is 56.9 Å². The Bertz CT molecular complexity index is 1220. The molecule has 1 aliphatic heterocycles. The Hall–Kier alpha value is -2.41. The Labute approximate surface area is 225 Å². The van der Waals surface area contributed by atoms with E-state index < -0.39 is 20.0 Å². The van der Waals surface area contributed by atoms with Crippen LogP contribution in [0.2, 0.25) is 18.6 Å². The van der Waals surface area contributed by atoms with Gasteiger partial charge in [-0.1, -0.05) is 106 Å². The Balaban J connectivity index is 1.36. The Morgan fingerprint density at radius 2 is 1.34 bits per heavy atom. The lowest BCUT2D eigenvalue weighted by Gasteiger charge is -2.49. The summed E-state index contributed by atoms with van der Waals surface area (Å²) in [4.78, 5) is 0. The van der Waals surface area contributed by atoms with Gasteiger partial charge in [0.1, 0.15) is 8.24 Å². The zero-order valence-corrected chi connectivity index (χ0v) is 23.4. The summed E-state index contributed by atoms with van der Waals surface area (Å²) in [6.45, 7) is 9.67. The summed E-state index contributed by atoms with van der Waals surface area (Å²) < 4.78 is 42.5. The van der Waals surface area contributed by atoms with Crippen LogP contribution in [0.25, 0.3) is 5.57 Å². The molecule has 0 amide bonds. The van der Waals surface area contributed by atoms with Gasteiger partial charge in [0.25, 0.3) is 0 Å². The maximum absolute atomic E-state index is 13.2. The van der Waals surface area contributed by atoms with Crippen molar-refractivity contribution >= 4 is 13.8 Å². The predicted octanol–water partition coefficient (Wildman–Crippen LogP) is 7.59. The van der Waals surface area contributed by atoms with Gasteiger partial charge in [-0.3, -0.25) is 5.32 Å². The first-order valence-electron chi connectivity index (χ1n) is 13.9. The van der Waals surface area contributed by atoms with Gasteiger partial charge in [-0.15, -0.1) is 0 Å². The maximum Gasteiger partial charge on any atom is 0.416 e. The average molecular weight is 535 g/mol. The molecule has 0 radical (unpaired) electrons. The van der Waals surface area contributed by atoms with Crippen molar-refractivity contribution in [3.63, 3.8) is 0 Å². The van der Waals surface area contributed by atoms with Gasteiger partial charge in [0.2, 0.25) is 0 Å². The lowest BCUT2D eigenvalue weighted by atomic mass is 9.83. The summed E-state index contributed by atoms with van der Waals surface area (Å²) in [5, 5.41) is 3.96. The van der Waals surface area contributed by atoms with Crippen molar-refractivity contribution in [1.82, 2.24) is 9.88 Å². The fourth-order valence-corrected chi connectivity index (χ4v) is 13.1. The van der Waals surface area contributed by atoms with Gasteiger partial charge < -0.3 is 4.57 Å². The van der Waals surface area contributed by atoms with Crippen molar-refractivity contribution < 1.29 is 13.2 Å². The number of fused-ring (bicyclic) bond motifs is 4. The highest BCUT2D eigenvalue weighted by Crippen LogP contribution is 2.59. The minimum atomic E-state index is -4.33. The van der Waals surface area contributed by atoms with Crippen LogP contribution >= 0.6 is 0 Å². The fraction of sp³-hybridized carbons (Fsp3) is 0.438. The third-order valence-corrected chi connectivity index (χ3v) is 13.9. The standard InChI is InChI=1S/C32H37F3N2Si/c1-20(2)31-36-29-23(21-16-18-22(19-17-21)32(33,34)35)14-9-15-28(29)37(31)38(3,4)30-26-12-7-5-10-24(26)25-11-6-8-13-27(25)30/h5-20,24-31,36H,1-4H3/t24?,25?,26?,27?,28-,29?,30?,31-/m1/s1. The van der Waals surface area contributed by atoms with Gasteiger partial charge in [0.15, 0.2) is 0 Å². The van der Waals surface area contributed by atoms with Gasteiger partial charge in [0, 0.05) is 6.04 Å². The van der Waals surface area contributed by atoms with Crippen LogP contribution < -0.4 is 5.32 Å². The fourth-order valence-electron chi connectivity index (χ4n) is 8.09. The zero-order valence-electron chi connectivity index (χ0n) is 22.4. The number of hydrogen-bond donors (Lipinski definition) is 1. The highest BCUT2D eigenvalue weighted by atomic mass is 28.3. The normalized spacial score (nSPS) is 35.9. The SMILES string of the molecule is CC(C)[C@@H]1NC2C(c3ccc(C(F)(F)F)cc3)=CC=C[C@H]2N1[Si](C)(C)C1C2C=CC=CC2C2C=CC=CC21. The largest absolute Gasteiger partial charge is 0.416 e. The molecule has 1 N–H and O–H groups in total. The molecule has 1 saturated heterocycles. The molecular formula is C32H37F3N2Si. The van der Waals surface area contributed by atoms with Crippen molar-refractivity contribution in [3.8, 4) is 0 Å². The number of allylic oxidation sites excluding steroid dienone is 10. The minimum Gasteiger partial charge on any atom is -0.301 e. The summed E-state index contributed by atoms with van der Waals surface area (Å²) in [5.41, 5.74) is 1.90. The molecule has 7 atom stereocenters. The first-order chi connectivity index (χ1) is 18.1. The van der Waals surface area contributed by atoms with Crippen LogP contribution in [0.4, 0.5) is 13.2 Å². The summed E-state index contributed by atoms with van der Waals surface area (Å²) >= 11 is 0. The molecule has 200 valence electrons. The van der Waals surface area contributed by atoms with Crippen LogP contribution in [0.1, 0.15) is 25.0 Å². The van der Waals surface area contributed by atoms with Crippen LogP contribution in [0, 0.1) is 29.6 Å². The number of benzene rings is 1. The molecule has 6 rings (SSSR count). The summed E-state index contributed by atoms with van der Waals surface area (Å²) in [5.74, 6) is 2.51. The third kappa shape index (κ3) is 4.07. The molecular weight excluding hydrogens is 497 g/mol. The summed E-state index contributed by atoms with van der Waals surface area (Å²) in [6, 6.07) is 5.90. The zero-order chi connectivity index (χ0) is 26.8. The molecule has 1 heterocycles. The van der Waals surface area contributed by atoms with Crippen molar-refractivity contribution in [2.24, 2.45) is 29.6 Å². The van der Waals surface area contributed by atoms with Crippen LogP contribution in [0.5, 0.6) is 0 Å². The molecule has 1 saturated carbocycles. The molecule has 38 heavy (non-hydrogen) atoms. The summed E-state index contributed by atoms with van der Waals surface area (Å²) in [6.07, 6.45) is 21.1. The van der Waals surface area contributed by atoms with Gasteiger partial charge >= 0.3 is 6.18 Å². The number of hydrogen-bond acceptors (Lipinski definition) is 2. The minimum absolute atomic E-state index is 0.0486. The molecule has 2 nitrogen and oxygen atoms in total. The highest BCUT2D eigenvalue weighted by Gasteiger charge is 2.59. The number of alkyl halides is 3. The van der Waals surface area contributed by atoms with E-state index in [2.05, 4.69) is 104 Å². The second-order valence-electron chi connectivity index (χ2n) is 12.3. The van der Waals surface area contributed by atoms with Gasteiger partial charge in [0.05, 0.1) is 17.8 Å². The number of rotatable bonds is 4. The smallest absolute Gasteiger partial charge is 0.301 e. The van der Waals surface area contributed by atoms with Gasteiger partial charge in [-0.25, -0.2) is 0 Å². The Morgan fingerprint density at radius 3 is 1.87 bits per heavy atom. The van der Waals surface area contributed by atoms with Crippen LogP contribution in [-0.4, -0.2) is 31.1 Å². The average Bonchev–Trinajstić information content (AvgIpc) is 3.46. The Kier molecular flexibility index (Phi) is 6.36. The van der Waals surface area contributed by atoms with Crippen LogP contribution in [-0.2, 0) is 6.18 Å². The van der Waals surface area contributed by atoms with E-state index in [4.69, 9.17) is 0 Å². The first-order valence-corrected chi connectivity index (χ1v) is 16.9. The third-order valence-electron chi connectivity index (χ3n) is 9.61. The van der Waals surface area contributed by atoms with Gasteiger partial charge in [-0.05, 0) is 58.4 Å². The number of nitrogens with one attached hydrogen (secondary N) is 1. The second kappa shape index (κ2) is 9.35. The summed E-state index contributed by atoms with van der Waals surface area (Å²) in [7, 11) is -2.08. The van der Waals surface area contributed by atoms with Crippen LogP contribution in [0.3, 0.4) is 0 Å². The molecule has 5 unspecified atom stereocenters. The van der Waals surface area contributed by atoms with E-state index in [9.17, 15) is 13.2 Å². The number of halogens is 3. The van der Waals surface area contributed by atoms with E-state index in [1.54, 1.807) is 12.1 Å². The molecule has 2 fully saturated rings. The second-order valence-corrected chi connectivity index (χ2v) is 16.8. The van der Waals surface area contributed by atoms with Crippen LogP contribution in [0.15, 0.2) is 91.1 Å². The lowest BCUT2D eigenvalue weighted by molar-refractivity contribution is -0.137. The lowest BCUT2D eigenvalue weighted by Crippen LogP contribution is -2.61. The van der Waals surface area contributed by atoms with Crippen molar-refractivity contribution in [3.05, 3.63) is 102 Å². The maximum atomic E-state index is 13.2. The van der Waals surface area contributed by atoms with E-state index in [0.29, 0.717) is 35.1 Å². The highest BCUT2D eigenvalue weighted by molar-refractivity contribution is 6.76. The van der Waals surface area contributed by atoms with E-state index in [1.807, 2.05) is 0 Å². The molecule has 1 aromatic rings.